The van der Waals surface area contributed by atoms with Crippen molar-refractivity contribution >= 4 is 33.3 Å². The lowest BCUT2D eigenvalue weighted by molar-refractivity contribution is -0.116. The molecule has 0 saturated carbocycles. The Morgan fingerprint density at radius 2 is 2.00 bits per heavy atom. The van der Waals surface area contributed by atoms with Crippen LogP contribution in [-0.2, 0) is 16.1 Å². The van der Waals surface area contributed by atoms with E-state index >= 15 is 0 Å². The predicted octanol–water partition coefficient (Wildman–Crippen LogP) is 5.50. The zero-order valence-corrected chi connectivity index (χ0v) is 18.3. The lowest BCUT2D eigenvalue weighted by atomic mass is 9.77. The Balaban J connectivity index is 1.77. The minimum atomic E-state index is -0.621. The number of hydrogen-bond donors (Lipinski definition) is 1. The maximum Gasteiger partial charge on any atom is 0.205 e. The van der Waals surface area contributed by atoms with E-state index in [1.807, 2.05) is 30.3 Å². The molecule has 2 N–H and O–H groups in total. The Labute approximate surface area is 187 Å². The van der Waals surface area contributed by atoms with Gasteiger partial charge in [-0.1, -0.05) is 39.7 Å². The van der Waals surface area contributed by atoms with Crippen molar-refractivity contribution in [2.24, 2.45) is 5.73 Å². The van der Waals surface area contributed by atoms with Gasteiger partial charge in [0.05, 0.1) is 5.92 Å². The second kappa shape index (κ2) is 8.55. The van der Waals surface area contributed by atoms with Crippen LogP contribution in [0.15, 0.2) is 69.7 Å². The van der Waals surface area contributed by atoms with Gasteiger partial charge in [-0.05, 0) is 42.3 Å². The number of ketones is 1. The van der Waals surface area contributed by atoms with Crippen molar-refractivity contribution in [3.05, 3.63) is 85.9 Å². The molecule has 1 atom stereocenters. The van der Waals surface area contributed by atoms with Crippen molar-refractivity contribution in [3.63, 3.8) is 0 Å². The maximum atomic E-state index is 12.8. The minimum Gasteiger partial charge on any atom is -0.489 e. The van der Waals surface area contributed by atoms with Crippen LogP contribution in [0.1, 0.15) is 36.3 Å². The largest absolute Gasteiger partial charge is 0.489 e. The van der Waals surface area contributed by atoms with Crippen molar-refractivity contribution in [3.8, 4) is 11.8 Å². The summed E-state index contributed by atoms with van der Waals surface area (Å²) in [6.07, 6.45) is 1.75. The van der Waals surface area contributed by atoms with Crippen molar-refractivity contribution in [1.82, 2.24) is 0 Å². The number of halogens is 2. The molecule has 30 heavy (non-hydrogen) atoms. The van der Waals surface area contributed by atoms with E-state index in [2.05, 4.69) is 22.0 Å². The molecule has 7 heteroatoms. The van der Waals surface area contributed by atoms with Crippen LogP contribution in [0, 0.1) is 11.3 Å². The third-order valence-corrected chi connectivity index (χ3v) is 5.94. The van der Waals surface area contributed by atoms with Gasteiger partial charge in [-0.15, -0.1) is 0 Å². The van der Waals surface area contributed by atoms with Crippen LogP contribution in [0.4, 0.5) is 0 Å². The van der Waals surface area contributed by atoms with E-state index in [0.717, 1.165) is 10.0 Å². The zero-order chi connectivity index (χ0) is 21.3. The fourth-order valence-electron chi connectivity index (χ4n) is 3.79. The molecule has 4 rings (SSSR count). The Bertz CT molecular complexity index is 1120. The Kier molecular flexibility index (Phi) is 5.85. The van der Waals surface area contributed by atoms with E-state index in [1.165, 1.54) is 0 Å². The Morgan fingerprint density at radius 3 is 2.73 bits per heavy atom. The van der Waals surface area contributed by atoms with Crippen LogP contribution in [-0.4, -0.2) is 5.78 Å². The second-order valence-electron chi connectivity index (χ2n) is 7.14. The number of carbonyl (C=O) groups is 1. The number of ether oxygens (including phenoxy) is 2. The van der Waals surface area contributed by atoms with E-state index in [0.29, 0.717) is 53.5 Å². The maximum absolute atomic E-state index is 12.8. The highest BCUT2D eigenvalue weighted by molar-refractivity contribution is 9.10. The van der Waals surface area contributed by atoms with Crippen LogP contribution in [0.3, 0.4) is 0 Å². The summed E-state index contributed by atoms with van der Waals surface area (Å²) in [6.45, 7) is 0.315. The topological polar surface area (TPSA) is 85.3 Å². The first kappa shape index (κ1) is 20.5. The molecule has 2 aromatic carbocycles. The molecule has 0 unspecified atom stereocenters. The molecule has 2 aliphatic rings. The van der Waals surface area contributed by atoms with E-state index in [4.69, 9.17) is 26.8 Å². The molecule has 1 heterocycles. The fourth-order valence-corrected chi connectivity index (χ4v) is 4.29. The molecule has 0 bridgehead atoms. The van der Waals surface area contributed by atoms with E-state index < -0.39 is 5.92 Å². The van der Waals surface area contributed by atoms with Crippen LogP contribution in [0.25, 0.3) is 0 Å². The number of carbonyl (C=O) groups excluding carboxylic acids is 1. The summed E-state index contributed by atoms with van der Waals surface area (Å²) >= 11 is 9.45. The molecule has 0 saturated heterocycles. The summed E-state index contributed by atoms with van der Waals surface area (Å²) in [4.78, 5) is 12.8. The summed E-state index contributed by atoms with van der Waals surface area (Å²) in [5.41, 5.74) is 8.43. The molecule has 1 aliphatic carbocycles. The van der Waals surface area contributed by atoms with Crippen molar-refractivity contribution in [2.75, 3.05) is 0 Å². The van der Waals surface area contributed by atoms with Crippen LogP contribution < -0.4 is 10.5 Å². The number of allylic oxidation sites excluding steroid dienone is 3. The SMILES string of the molecule is N#CC1=C(N)OC2=C(C(=O)CCC2)[C@@H]1c1cc(Br)ccc1OCc1ccc(Cl)cc1. The quantitative estimate of drug-likeness (QED) is 0.618. The summed E-state index contributed by atoms with van der Waals surface area (Å²) in [5, 5.41) is 10.4. The number of nitriles is 1. The van der Waals surface area contributed by atoms with E-state index in [-0.39, 0.29) is 17.2 Å². The molecule has 1 aliphatic heterocycles. The number of nitrogens with zero attached hydrogens (tertiary/aromatic N) is 1. The van der Waals surface area contributed by atoms with Crippen LogP contribution >= 0.6 is 27.5 Å². The van der Waals surface area contributed by atoms with E-state index in [9.17, 15) is 10.1 Å². The third-order valence-electron chi connectivity index (χ3n) is 5.20. The molecule has 5 nitrogen and oxygen atoms in total. The molecule has 152 valence electrons. The molecule has 0 spiro atoms. The van der Waals surface area contributed by atoms with Gasteiger partial charge in [-0.3, -0.25) is 4.79 Å². The van der Waals surface area contributed by atoms with Gasteiger partial charge < -0.3 is 15.2 Å². The molecule has 0 amide bonds. The predicted molar refractivity (Wildman–Crippen MR) is 116 cm³/mol. The third kappa shape index (κ3) is 3.96. The normalized spacial score (nSPS) is 18.6. The van der Waals surface area contributed by atoms with Gasteiger partial charge in [0.15, 0.2) is 5.78 Å². The second-order valence-corrected chi connectivity index (χ2v) is 8.49. The smallest absolute Gasteiger partial charge is 0.205 e. The molecule has 0 aromatic heterocycles. The zero-order valence-electron chi connectivity index (χ0n) is 16.0. The lowest BCUT2D eigenvalue weighted by Crippen LogP contribution is -2.27. The van der Waals surface area contributed by atoms with Crippen molar-refractivity contribution in [2.45, 2.75) is 31.8 Å². The van der Waals surface area contributed by atoms with Gasteiger partial charge in [0.2, 0.25) is 5.88 Å². The fraction of sp³-hybridized carbons (Fsp3) is 0.217. The molecule has 0 radical (unpaired) electrons. The summed E-state index contributed by atoms with van der Waals surface area (Å²) in [5.74, 6) is 0.524. The van der Waals surface area contributed by atoms with Crippen LogP contribution in [0.2, 0.25) is 5.02 Å². The monoisotopic (exact) mass is 484 g/mol. The minimum absolute atomic E-state index is 0.0230. The summed E-state index contributed by atoms with van der Waals surface area (Å²) in [7, 11) is 0. The highest BCUT2D eigenvalue weighted by Crippen LogP contribution is 2.46. The van der Waals surface area contributed by atoms with Crippen molar-refractivity contribution < 1.29 is 14.3 Å². The standard InChI is InChI=1S/C23H18BrClN2O3/c24-14-6-9-19(29-12-13-4-7-15(25)8-5-13)16(10-14)21-17(11-26)23(27)30-20-3-1-2-18(28)22(20)21/h4-10,21H,1-3,12,27H2/t21-/m1/s1. The number of Topliss-reactive ketones (excluding diaryl/α,β-unsaturated/α-hetero) is 1. The number of benzene rings is 2. The molecular formula is C23H18BrClN2O3. The van der Waals surface area contributed by atoms with Gasteiger partial charge in [0.25, 0.3) is 0 Å². The van der Waals surface area contributed by atoms with Gasteiger partial charge in [-0.2, -0.15) is 5.26 Å². The lowest BCUT2D eigenvalue weighted by Gasteiger charge is -2.31. The first-order valence-electron chi connectivity index (χ1n) is 9.48. The molecule has 2 aromatic rings. The van der Waals surface area contributed by atoms with Crippen LogP contribution in [0.5, 0.6) is 5.75 Å². The first-order chi connectivity index (χ1) is 14.5. The average molecular weight is 486 g/mol. The van der Waals surface area contributed by atoms with E-state index in [1.54, 1.807) is 12.1 Å². The summed E-state index contributed by atoms with van der Waals surface area (Å²) < 4.78 is 12.6. The van der Waals surface area contributed by atoms with Gasteiger partial charge in [0.1, 0.15) is 29.8 Å². The number of rotatable bonds is 4. The first-order valence-corrected chi connectivity index (χ1v) is 10.7. The van der Waals surface area contributed by atoms with Crippen molar-refractivity contribution in [1.29, 1.82) is 5.26 Å². The molecular weight excluding hydrogens is 468 g/mol. The van der Waals surface area contributed by atoms with Gasteiger partial charge in [-0.25, -0.2) is 0 Å². The highest BCUT2D eigenvalue weighted by Gasteiger charge is 2.39. The van der Waals surface area contributed by atoms with Gasteiger partial charge in [0, 0.05) is 33.5 Å². The highest BCUT2D eigenvalue weighted by atomic mass is 79.9. The Morgan fingerprint density at radius 1 is 1.23 bits per heavy atom. The molecule has 0 fully saturated rings. The number of hydrogen-bond acceptors (Lipinski definition) is 5. The van der Waals surface area contributed by atoms with Gasteiger partial charge >= 0.3 is 0 Å². The Hall–Kier alpha value is -2.75. The summed E-state index contributed by atoms with van der Waals surface area (Å²) in [6, 6.07) is 15.1. The average Bonchev–Trinajstić information content (AvgIpc) is 2.73. The number of nitrogens with two attached hydrogens (primary N) is 1.